The third-order valence-corrected chi connectivity index (χ3v) is 5.08. The highest BCUT2D eigenvalue weighted by Gasteiger charge is 2.36. The van der Waals surface area contributed by atoms with Gasteiger partial charge in [-0.15, -0.1) is 11.3 Å². The van der Waals surface area contributed by atoms with Crippen LogP contribution in [0, 0.1) is 0 Å². The molecule has 1 heterocycles. The first-order chi connectivity index (χ1) is 7.60. The average Bonchev–Trinajstić information content (AvgIpc) is 2.65. The third-order valence-electron chi connectivity index (χ3n) is 3.36. The molecule has 1 unspecified atom stereocenters. The molecule has 2 rings (SSSR count). The van der Waals surface area contributed by atoms with E-state index in [1.165, 1.54) is 6.42 Å². The molecule has 1 atom stereocenters. The molecule has 0 aliphatic heterocycles. The van der Waals surface area contributed by atoms with Gasteiger partial charge in [0.25, 0.3) is 0 Å². The second kappa shape index (κ2) is 5.17. The van der Waals surface area contributed by atoms with Gasteiger partial charge >= 0.3 is 0 Å². The second-order valence-corrected chi connectivity index (χ2v) is 6.53. The number of hydrogen-bond donors (Lipinski definition) is 2. The number of aliphatic hydroxyl groups excluding tert-OH is 1. The average molecular weight is 305 g/mol. The molecule has 1 aliphatic rings. The fraction of sp³-hybridized carbons (Fsp3) is 0.667. The Bertz CT molecular complexity index is 345. The number of rotatable bonds is 3. The quantitative estimate of drug-likeness (QED) is 0.901. The standard InChI is InChI=1S/C12H17BrO2S/c13-9-6-10(16-8-9)7-11(14)12(15)4-2-1-3-5-12/h6,8,11,14-15H,1-5,7H2. The molecule has 16 heavy (non-hydrogen) atoms. The molecule has 90 valence electrons. The van der Waals surface area contributed by atoms with E-state index in [1.54, 1.807) is 11.3 Å². The summed E-state index contributed by atoms with van der Waals surface area (Å²) in [5, 5.41) is 22.5. The Morgan fingerprint density at radius 2 is 2.06 bits per heavy atom. The lowest BCUT2D eigenvalue weighted by molar-refractivity contribution is -0.0957. The summed E-state index contributed by atoms with van der Waals surface area (Å²) in [6, 6.07) is 2.01. The number of hydrogen-bond acceptors (Lipinski definition) is 3. The largest absolute Gasteiger partial charge is 0.390 e. The Morgan fingerprint density at radius 3 is 2.62 bits per heavy atom. The van der Waals surface area contributed by atoms with Crippen LogP contribution in [-0.2, 0) is 6.42 Å². The zero-order valence-electron chi connectivity index (χ0n) is 9.16. The van der Waals surface area contributed by atoms with Crippen molar-refractivity contribution in [3.8, 4) is 0 Å². The van der Waals surface area contributed by atoms with Crippen LogP contribution < -0.4 is 0 Å². The first-order valence-electron chi connectivity index (χ1n) is 5.73. The van der Waals surface area contributed by atoms with E-state index in [-0.39, 0.29) is 0 Å². The smallest absolute Gasteiger partial charge is 0.0909 e. The van der Waals surface area contributed by atoms with E-state index in [9.17, 15) is 10.2 Å². The van der Waals surface area contributed by atoms with E-state index in [2.05, 4.69) is 15.9 Å². The lowest BCUT2D eigenvalue weighted by atomic mass is 9.79. The van der Waals surface area contributed by atoms with E-state index in [0.29, 0.717) is 6.42 Å². The molecule has 0 radical (unpaired) electrons. The number of halogens is 1. The molecule has 2 nitrogen and oxygen atoms in total. The maximum absolute atomic E-state index is 10.4. The lowest BCUT2D eigenvalue weighted by Crippen LogP contribution is -2.44. The molecule has 1 saturated carbocycles. The molecule has 0 bridgehead atoms. The van der Waals surface area contributed by atoms with E-state index in [4.69, 9.17) is 0 Å². The summed E-state index contributed by atoms with van der Waals surface area (Å²) >= 11 is 5.02. The molecule has 0 spiro atoms. The van der Waals surface area contributed by atoms with Crippen LogP contribution >= 0.6 is 27.3 Å². The molecular weight excluding hydrogens is 288 g/mol. The minimum Gasteiger partial charge on any atom is -0.390 e. The number of aliphatic hydroxyl groups is 2. The van der Waals surface area contributed by atoms with E-state index < -0.39 is 11.7 Å². The molecule has 0 aromatic carbocycles. The SMILES string of the molecule is OC(Cc1cc(Br)cs1)C1(O)CCCCC1. The Labute approximate surface area is 108 Å². The van der Waals surface area contributed by atoms with Crippen LogP contribution in [0.15, 0.2) is 15.9 Å². The van der Waals surface area contributed by atoms with Crippen LogP contribution in [0.25, 0.3) is 0 Å². The van der Waals surface area contributed by atoms with E-state index in [0.717, 1.165) is 35.0 Å². The molecule has 0 amide bonds. The van der Waals surface area contributed by atoms with Crippen molar-refractivity contribution in [2.24, 2.45) is 0 Å². The summed E-state index contributed by atoms with van der Waals surface area (Å²) < 4.78 is 1.05. The summed E-state index contributed by atoms with van der Waals surface area (Å²) in [6.07, 6.45) is 4.65. The van der Waals surface area contributed by atoms with Gasteiger partial charge in [0.2, 0.25) is 0 Å². The first kappa shape index (κ1) is 12.6. The van der Waals surface area contributed by atoms with Gasteiger partial charge < -0.3 is 10.2 Å². The van der Waals surface area contributed by atoms with Gasteiger partial charge in [-0.1, -0.05) is 19.3 Å². The minimum atomic E-state index is -0.852. The van der Waals surface area contributed by atoms with Crippen LogP contribution in [0.5, 0.6) is 0 Å². The normalized spacial score (nSPS) is 21.9. The Balaban J connectivity index is 1.98. The monoisotopic (exact) mass is 304 g/mol. The number of thiophene rings is 1. The van der Waals surface area contributed by atoms with Gasteiger partial charge in [0.1, 0.15) is 0 Å². The van der Waals surface area contributed by atoms with Crippen molar-refractivity contribution < 1.29 is 10.2 Å². The van der Waals surface area contributed by atoms with Gasteiger partial charge in [-0.25, -0.2) is 0 Å². The summed E-state index contributed by atoms with van der Waals surface area (Å²) in [4.78, 5) is 1.12. The fourth-order valence-corrected chi connectivity index (χ4v) is 3.83. The van der Waals surface area contributed by atoms with Gasteiger partial charge in [-0.3, -0.25) is 0 Å². The van der Waals surface area contributed by atoms with Gasteiger partial charge in [0.15, 0.2) is 0 Å². The van der Waals surface area contributed by atoms with Gasteiger partial charge in [-0.05, 0) is 34.8 Å². The van der Waals surface area contributed by atoms with Crippen LogP contribution in [-0.4, -0.2) is 21.9 Å². The maximum atomic E-state index is 10.4. The highest BCUT2D eigenvalue weighted by Crippen LogP contribution is 2.33. The summed E-state index contributed by atoms with van der Waals surface area (Å²) in [6.45, 7) is 0. The van der Waals surface area contributed by atoms with E-state index in [1.807, 2.05) is 11.4 Å². The summed E-state index contributed by atoms with van der Waals surface area (Å²) in [5.41, 5.74) is -0.852. The van der Waals surface area contributed by atoms with Crippen molar-refractivity contribution in [3.05, 3.63) is 20.8 Å². The van der Waals surface area contributed by atoms with Gasteiger partial charge in [0.05, 0.1) is 11.7 Å². The molecule has 1 aliphatic carbocycles. The lowest BCUT2D eigenvalue weighted by Gasteiger charge is -2.36. The first-order valence-corrected chi connectivity index (χ1v) is 7.41. The zero-order chi connectivity index (χ0) is 11.6. The Hall–Kier alpha value is 0.1000. The summed E-state index contributed by atoms with van der Waals surface area (Å²) in [7, 11) is 0. The Morgan fingerprint density at radius 1 is 1.38 bits per heavy atom. The van der Waals surface area contributed by atoms with Crippen LogP contribution in [0.3, 0.4) is 0 Å². The fourth-order valence-electron chi connectivity index (χ4n) is 2.34. The molecule has 1 aromatic rings. The molecule has 1 aromatic heterocycles. The highest BCUT2D eigenvalue weighted by molar-refractivity contribution is 9.10. The second-order valence-electron chi connectivity index (χ2n) is 4.62. The van der Waals surface area contributed by atoms with Gasteiger partial charge in [0, 0.05) is 21.2 Å². The zero-order valence-corrected chi connectivity index (χ0v) is 11.6. The maximum Gasteiger partial charge on any atom is 0.0909 e. The molecule has 1 fully saturated rings. The summed E-state index contributed by atoms with van der Waals surface area (Å²) in [5.74, 6) is 0. The van der Waals surface area contributed by atoms with Gasteiger partial charge in [-0.2, -0.15) is 0 Å². The van der Waals surface area contributed by atoms with Crippen LogP contribution in [0.4, 0.5) is 0 Å². The Kier molecular flexibility index (Phi) is 4.06. The minimum absolute atomic E-state index is 0.562. The van der Waals surface area contributed by atoms with Crippen molar-refractivity contribution in [1.82, 2.24) is 0 Å². The van der Waals surface area contributed by atoms with Crippen LogP contribution in [0.2, 0.25) is 0 Å². The van der Waals surface area contributed by atoms with Crippen molar-refractivity contribution in [2.45, 2.75) is 50.2 Å². The molecule has 0 saturated heterocycles. The van der Waals surface area contributed by atoms with Crippen molar-refractivity contribution in [1.29, 1.82) is 0 Å². The molecule has 2 N–H and O–H groups in total. The topological polar surface area (TPSA) is 40.5 Å². The van der Waals surface area contributed by atoms with Crippen molar-refractivity contribution in [3.63, 3.8) is 0 Å². The predicted molar refractivity (Wildman–Crippen MR) is 69.8 cm³/mol. The predicted octanol–water partition coefficient (Wildman–Crippen LogP) is 3.11. The molecule has 4 heteroatoms. The van der Waals surface area contributed by atoms with E-state index >= 15 is 0 Å². The van der Waals surface area contributed by atoms with Crippen molar-refractivity contribution >= 4 is 27.3 Å². The van der Waals surface area contributed by atoms with Crippen molar-refractivity contribution in [2.75, 3.05) is 0 Å². The highest BCUT2D eigenvalue weighted by atomic mass is 79.9. The third kappa shape index (κ3) is 2.86. The van der Waals surface area contributed by atoms with Crippen LogP contribution in [0.1, 0.15) is 37.0 Å². The molecular formula is C12H17BrO2S.